The number of ketones is 1. The first kappa shape index (κ1) is 17.9. The largest absolute Gasteiger partial charge is 0.480 e. The van der Waals surface area contributed by atoms with E-state index in [2.05, 4.69) is 4.74 Å². The second-order valence-electron chi connectivity index (χ2n) is 6.31. The van der Waals surface area contributed by atoms with E-state index in [1.54, 1.807) is 24.3 Å². The van der Waals surface area contributed by atoms with Crippen molar-refractivity contribution in [3.05, 3.63) is 29.8 Å². The van der Waals surface area contributed by atoms with Crippen molar-refractivity contribution in [1.29, 1.82) is 0 Å². The van der Waals surface area contributed by atoms with E-state index in [9.17, 15) is 19.2 Å². The van der Waals surface area contributed by atoms with Crippen molar-refractivity contribution >= 4 is 23.6 Å². The zero-order valence-corrected chi connectivity index (χ0v) is 14.6. The monoisotopic (exact) mass is 360 g/mol. The normalized spacial score (nSPS) is 22.2. The molecular weight excluding hydrogens is 340 g/mol. The number of carbonyl (C=O) groups excluding carboxylic acids is 4. The maximum atomic E-state index is 12.6. The average Bonchev–Trinajstić information content (AvgIpc) is 2.94. The number of benzene rings is 1. The molecule has 2 saturated heterocycles. The van der Waals surface area contributed by atoms with Crippen LogP contribution in [0.4, 0.5) is 0 Å². The highest BCUT2D eigenvalue weighted by atomic mass is 16.5. The van der Waals surface area contributed by atoms with Crippen LogP contribution in [0.2, 0.25) is 0 Å². The third-order valence-electron chi connectivity index (χ3n) is 4.65. The average molecular weight is 360 g/mol. The molecule has 2 atom stereocenters. The van der Waals surface area contributed by atoms with Crippen LogP contribution in [0.15, 0.2) is 24.3 Å². The zero-order chi connectivity index (χ0) is 18.8. The highest BCUT2D eigenvalue weighted by Crippen LogP contribution is 2.28. The number of hydrogen-bond donors (Lipinski definition) is 0. The highest BCUT2D eigenvalue weighted by Gasteiger charge is 2.48. The molecule has 2 unspecified atom stereocenters. The molecule has 1 aromatic rings. The van der Waals surface area contributed by atoms with Gasteiger partial charge in [0, 0.05) is 25.1 Å². The van der Waals surface area contributed by atoms with E-state index < -0.39 is 18.1 Å². The maximum Gasteiger partial charge on any atom is 0.325 e. The molecule has 138 valence electrons. The summed E-state index contributed by atoms with van der Waals surface area (Å²) in [5, 5.41) is 0. The summed E-state index contributed by atoms with van der Waals surface area (Å²) < 4.78 is 10.3. The second kappa shape index (κ2) is 7.15. The molecule has 0 aromatic heterocycles. The van der Waals surface area contributed by atoms with Gasteiger partial charge in [-0.25, -0.2) is 0 Å². The Kier molecular flexibility index (Phi) is 4.92. The summed E-state index contributed by atoms with van der Waals surface area (Å²) in [6.07, 6.45) is -0.580. The Balaban J connectivity index is 1.70. The van der Waals surface area contributed by atoms with Crippen LogP contribution in [0, 0.1) is 0 Å². The summed E-state index contributed by atoms with van der Waals surface area (Å²) >= 11 is 0. The van der Waals surface area contributed by atoms with Gasteiger partial charge in [-0.2, -0.15) is 0 Å². The van der Waals surface area contributed by atoms with Crippen molar-refractivity contribution < 1.29 is 28.7 Å². The van der Waals surface area contributed by atoms with E-state index in [-0.39, 0.29) is 37.1 Å². The minimum atomic E-state index is -0.788. The van der Waals surface area contributed by atoms with Gasteiger partial charge in [0.1, 0.15) is 18.3 Å². The van der Waals surface area contributed by atoms with Crippen molar-refractivity contribution in [2.24, 2.45) is 0 Å². The van der Waals surface area contributed by atoms with Gasteiger partial charge < -0.3 is 19.3 Å². The lowest BCUT2D eigenvalue weighted by Crippen LogP contribution is -2.56. The van der Waals surface area contributed by atoms with Crippen LogP contribution in [0.25, 0.3) is 0 Å². The van der Waals surface area contributed by atoms with Crippen LogP contribution in [0.5, 0.6) is 5.75 Å². The van der Waals surface area contributed by atoms with E-state index in [0.29, 0.717) is 17.9 Å². The Labute approximate surface area is 150 Å². The summed E-state index contributed by atoms with van der Waals surface area (Å²) in [4.78, 5) is 50.9. The van der Waals surface area contributed by atoms with Crippen LogP contribution >= 0.6 is 0 Å². The van der Waals surface area contributed by atoms with Crippen LogP contribution < -0.4 is 4.74 Å². The number of rotatable bonds is 5. The van der Waals surface area contributed by atoms with Gasteiger partial charge in [0.05, 0.1) is 7.11 Å². The lowest BCUT2D eigenvalue weighted by Gasteiger charge is -2.35. The number of hydrogen-bond acceptors (Lipinski definition) is 6. The molecule has 2 amide bonds. The van der Waals surface area contributed by atoms with Gasteiger partial charge in [0.2, 0.25) is 5.91 Å². The SMILES string of the molecule is COC(=O)CN1CCN2C(=O)C(Oc3cccc(C(C)=O)c3)CC2C1=O. The molecule has 0 spiro atoms. The number of carbonyl (C=O) groups is 4. The summed E-state index contributed by atoms with van der Waals surface area (Å²) in [6.45, 7) is 1.96. The summed E-state index contributed by atoms with van der Waals surface area (Å²) in [7, 11) is 1.27. The van der Waals surface area contributed by atoms with Crippen molar-refractivity contribution in [2.45, 2.75) is 25.5 Å². The summed E-state index contributed by atoms with van der Waals surface area (Å²) in [5.41, 5.74) is 0.492. The van der Waals surface area contributed by atoms with Crippen LogP contribution in [0.3, 0.4) is 0 Å². The molecule has 1 aromatic carbocycles. The molecule has 0 aliphatic carbocycles. The number of methoxy groups -OCH3 is 1. The lowest BCUT2D eigenvalue weighted by molar-refractivity contribution is -0.153. The third-order valence-corrected chi connectivity index (χ3v) is 4.65. The van der Waals surface area contributed by atoms with Crippen LogP contribution in [-0.2, 0) is 19.1 Å². The van der Waals surface area contributed by atoms with Gasteiger partial charge in [-0.15, -0.1) is 0 Å². The number of amides is 2. The standard InChI is InChI=1S/C18H20N2O6/c1-11(21)12-4-3-5-13(8-12)26-15-9-14-17(23)19(10-16(22)25-2)6-7-20(14)18(15)24/h3-5,8,14-15H,6-7,9-10H2,1-2H3. The summed E-state index contributed by atoms with van der Waals surface area (Å²) in [6, 6.07) is 5.97. The van der Waals surface area contributed by atoms with E-state index in [4.69, 9.17) is 4.74 Å². The minimum absolute atomic E-state index is 0.0979. The fourth-order valence-electron chi connectivity index (χ4n) is 3.25. The molecule has 0 saturated carbocycles. The first-order valence-corrected chi connectivity index (χ1v) is 8.34. The Morgan fingerprint density at radius 1 is 1.19 bits per heavy atom. The minimum Gasteiger partial charge on any atom is -0.480 e. The molecule has 8 nitrogen and oxygen atoms in total. The number of esters is 1. The van der Waals surface area contributed by atoms with E-state index in [1.807, 2.05) is 0 Å². The number of piperazine rings is 1. The molecular formula is C18H20N2O6. The quantitative estimate of drug-likeness (QED) is 0.552. The number of nitrogens with zero attached hydrogens (tertiary/aromatic N) is 2. The number of ether oxygens (including phenoxy) is 2. The Morgan fingerprint density at radius 3 is 2.65 bits per heavy atom. The Morgan fingerprint density at radius 2 is 1.96 bits per heavy atom. The molecule has 0 bridgehead atoms. The lowest BCUT2D eigenvalue weighted by atomic mass is 10.1. The fourth-order valence-corrected chi connectivity index (χ4v) is 3.25. The maximum absolute atomic E-state index is 12.6. The van der Waals surface area contributed by atoms with Crippen molar-refractivity contribution in [1.82, 2.24) is 9.80 Å². The molecule has 0 radical (unpaired) electrons. The Hall–Kier alpha value is -2.90. The van der Waals surface area contributed by atoms with Crippen molar-refractivity contribution in [3.63, 3.8) is 0 Å². The predicted octanol–water partition coefficient (Wildman–Crippen LogP) is 0.253. The van der Waals surface area contributed by atoms with E-state index in [0.717, 1.165) is 0 Å². The molecule has 2 fully saturated rings. The second-order valence-corrected chi connectivity index (χ2v) is 6.31. The first-order chi connectivity index (χ1) is 12.4. The van der Waals surface area contributed by atoms with Crippen LogP contribution in [0.1, 0.15) is 23.7 Å². The predicted molar refractivity (Wildman–Crippen MR) is 89.6 cm³/mol. The molecule has 3 rings (SSSR count). The number of fused-ring (bicyclic) bond motifs is 1. The van der Waals surface area contributed by atoms with Gasteiger partial charge in [-0.05, 0) is 19.1 Å². The molecule has 26 heavy (non-hydrogen) atoms. The molecule has 8 heteroatoms. The molecule has 2 heterocycles. The van der Waals surface area contributed by atoms with Gasteiger partial charge in [0.15, 0.2) is 11.9 Å². The van der Waals surface area contributed by atoms with Crippen LogP contribution in [-0.4, -0.2) is 72.3 Å². The smallest absolute Gasteiger partial charge is 0.325 e. The summed E-state index contributed by atoms with van der Waals surface area (Å²) in [5.74, 6) is -0.716. The Bertz CT molecular complexity index is 762. The van der Waals surface area contributed by atoms with E-state index in [1.165, 1.54) is 23.8 Å². The highest BCUT2D eigenvalue weighted by molar-refractivity contribution is 5.96. The van der Waals surface area contributed by atoms with Gasteiger partial charge in [-0.1, -0.05) is 12.1 Å². The number of Topliss-reactive ketones (excluding diaryl/α,β-unsaturated/α-hetero) is 1. The molecule has 2 aliphatic heterocycles. The fraction of sp³-hybridized carbons (Fsp3) is 0.444. The van der Waals surface area contributed by atoms with Gasteiger partial charge in [-0.3, -0.25) is 19.2 Å². The van der Waals surface area contributed by atoms with E-state index >= 15 is 0 Å². The van der Waals surface area contributed by atoms with Gasteiger partial charge in [0.25, 0.3) is 5.91 Å². The van der Waals surface area contributed by atoms with Crippen molar-refractivity contribution in [2.75, 3.05) is 26.7 Å². The molecule has 2 aliphatic rings. The van der Waals surface area contributed by atoms with Gasteiger partial charge >= 0.3 is 5.97 Å². The topological polar surface area (TPSA) is 93.2 Å². The third kappa shape index (κ3) is 3.40. The van der Waals surface area contributed by atoms with Crippen molar-refractivity contribution in [3.8, 4) is 5.75 Å². The zero-order valence-electron chi connectivity index (χ0n) is 14.6. The first-order valence-electron chi connectivity index (χ1n) is 8.34. The molecule has 0 N–H and O–H groups in total.